The van der Waals surface area contributed by atoms with Crippen molar-refractivity contribution in [1.29, 1.82) is 5.41 Å². The third-order valence-electron chi connectivity index (χ3n) is 5.66. The number of nitrogens with one attached hydrogen (secondary N) is 1. The van der Waals surface area contributed by atoms with E-state index in [4.69, 9.17) is 26.5 Å². The van der Waals surface area contributed by atoms with Crippen molar-refractivity contribution in [3.8, 4) is 11.5 Å². The topological polar surface area (TPSA) is 90.6 Å². The van der Waals surface area contributed by atoms with E-state index in [1.807, 2.05) is 24.3 Å². The van der Waals surface area contributed by atoms with E-state index in [2.05, 4.69) is 15.0 Å². The summed E-state index contributed by atoms with van der Waals surface area (Å²) < 4.78 is 11.4. The van der Waals surface area contributed by atoms with Gasteiger partial charge in [-0.1, -0.05) is 35.9 Å². The Morgan fingerprint density at radius 1 is 1.15 bits per heavy atom. The molecule has 1 fully saturated rings. The molecule has 10 heteroatoms. The number of fused-ring (bicyclic) bond motifs is 1. The van der Waals surface area contributed by atoms with E-state index in [1.165, 1.54) is 16.8 Å². The van der Waals surface area contributed by atoms with Crippen molar-refractivity contribution in [2.45, 2.75) is 19.4 Å². The van der Waals surface area contributed by atoms with Crippen LogP contribution >= 0.6 is 23.4 Å². The predicted octanol–water partition coefficient (Wildman–Crippen LogP) is 4.60. The molecule has 2 aromatic rings. The minimum absolute atomic E-state index is 0.00899. The minimum Gasteiger partial charge on any atom is -0.493 e. The molecule has 8 nitrogen and oxygen atoms in total. The molecule has 1 N–H and O–H groups in total. The lowest BCUT2D eigenvalue weighted by Crippen LogP contribution is -2.35. The van der Waals surface area contributed by atoms with Gasteiger partial charge in [0.15, 0.2) is 22.5 Å². The smallest absolute Gasteiger partial charge is 0.283 e. The molecule has 34 heavy (non-hydrogen) atoms. The van der Waals surface area contributed by atoms with Gasteiger partial charge in [-0.05, 0) is 54.4 Å². The third kappa shape index (κ3) is 4.41. The molecular weight excluding hydrogens is 474 g/mol. The zero-order valence-corrected chi connectivity index (χ0v) is 20.0. The SMILES string of the molecule is COc1cc(/C=C2\C(=N)N3N=C(N4CCCC4)SC3=NC2=O)ccc1OCc1ccccc1Cl. The van der Waals surface area contributed by atoms with Gasteiger partial charge in [-0.2, -0.15) is 10.0 Å². The number of halogens is 1. The molecule has 174 valence electrons. The number of ether oxygens (including phenoxy) is 2. The van der Waals surface area contributed by atoms with E-state index in [0.717, 1.165) is 36.7 Å². The number of carbonyl (C=O) groups excluding carboxylic acids is 1. The summed E-state index contributed by atoms with van der Waals surface area (Å²) in [5.41, 5.74) is 1.72. The molecule has 5 rings (SSSR count). The first-order chi connectivity index (χ1) is 16.5. The number of thioether (sulfide) groups is 1. The first kappa shape index (κ1) is 22.5. The van der Waals surface area contributed by atoms with Crippen molar-refractivity contribution in [2.24, 2.45) is 10.1 Å². The number of likely N-dealkylation sites (tertiary alicyclic amines) is 1. The number of benzene rings is 2. The summed E-state index contributed by atoms with van der Waals surface area (Å²) in [7, 11) is 1.55. The predicted molar refractivity (Wildman–Crippen MR) is 135 cm³/mol. The van der Waals surface area contributed by atoms with E-state index in [9.17, 15) is 4.79 Å². The standard InChI is InChI=1S/C24H22ClN5O3S/c1-32-20-13-15(8-9-19(20)33-14-16-6-2-3-7-18(16)25)12-17-21(26)30-23(27-22(17)31)34-24(28-30)29-10-4-5-11-29/h2-3,6-9,12-13,26H,4-5,10-11,14H2,1H3/b17-12+,26-21?. The fourth-order valence-electron chi connectivity index (χ4n) is 3.85. The number of rotatable bonds is 5. The highest BCUT2D eigenvalue weighted by Crippen LogP contribution is 2.33. The van der Waals surface area contributed by atoms with Crippen LogP contribution in [0.3, 0.4) is 0 Å². The normalized spacial score (nSPS) is 18.8. The van der Waals surface area contributed by atoms with Crippen LogP contribution in [0.1, 0.15) is 24.0 Å². The van der Waals surface area contributed by atoms with Gasteiger partial charge in [0.1, 0.15) is 6.61 Å². The molecular formula is C24H22ClN5O3S. The number of hydrogen-bond acceptors (Lipinski definition) is 7. The van der Waals surface area contributed by atoms with Gasteiger partial charge < -0.3 is 14.4 Å². The lowest BCUT2D eigenvalue weighted by atomic mass is 10.1. The summed E-state index contributed by atoms with van der Waals surface area (Å²) in [5.74, 6) is 0.603. The van der Waals surface area contributed by atoms with E-state index < -0.39 is 5.91 Å². The Morgan fingerprint density at radius 2 is 1.94 bits per heavy atom. The van der Waals surface area contributed by atoms with Crippen LogP contribution in [-0.4, -0.2) is 52.2 Å². The van der Waals surface area contributed by atoms with Crippen molar-refractivity contribution >= 4 is 51.5 Å². The van der Waals surface area contributed by atoms with Gasteiger partial charge in [-0.3, -0.25) is 10.2 Å². The van der Waals surface area contributed by atoms with Crippen LogP contribution in [0.15, 0.2) is 58.1 Å². The quantitative estimate of drug-likeness (QED) is 0.609. The monoisotopic (exact) mass is 495 g/mol. The summed E-state index contributed by atoms with van der Waals surface area (Å²) in [6.07, 6.45) is 3.86. The van der Waals surface area contributed by atoms with Crippen molar-refractivity contribution in [2.75, 3.05) is 20.2 Å². The van der Waals surface area contributed by atoms with Gasteiger partial charge >= 0.3 is 0 Å². The van der Waals surface area contributed by atoms with Gasteiger partial charge in [0.2, 0.25) is 5.17 Å². The highest BCUT2D eigenvalue weighted by Gasteiger charge is 2.37. The second-order valence-corrected chi connectivity index (χ2v) is 9.23. The maximum Gasteiger partial charge on any atom is 0.283 e. The molecule has 0 spiro atoms. The molecule has 0 radical (unpaired) electrons. The molecule has 0 atom stereocenters. The zero-order valence-electron chi connectivity index (χ0n) is 18.5. The Bertz CT molecular complexity index is 1250. The third-order valence-corrected chi connectivity index (χ3v) is 7.00. The maximum atomic E-state index is 12.7. The molecule has 2 aromatic carbocycles. The number of hydrogen-bond donors (Lipinski definition) is 1. The fraction of sp³-hybridized carbons (Fsp3) is 0.250. The molecule has 3 aliphatic rings. The lowest BCUT2D eigenvalue weighted by molar-refractivity contribution is -0.114. The first-order valence-electron chi connectivity index (χ1n) is 10.8. The highest BCUT2D eigenvalue weighted by atomic mass is 35.5. The Hall–Kier alpha value is -3.30. The number of nitrogens with zero attached hydrogens (tertiary/aromatic N) is 4. The number of carbonyl (C=O) groups is 1. The largest absolute Gasteiger partial charge is 0.493 e. The van der Waals surface area contributed by atoms with Crippen LogP contribution in [0, 0.1) is 5.41 Å². The minimum atomic E-state index is -0.459. The van der Waals surface area contributed by atoms with Crippen molar-refractivity contribution < 1.29 is 14.3 Å². The Balaban J connectivity index is 1.36. The van der Waals surface area contributed by atoms with Gasteiger partial charge in [0.25, 0.3) is 5.91 Å². The average molecular weight is 496 g/mol. The van der Waals surface area contributed by atoms with Gasteiger partial charge in [0.05, 0.1) is 12.7 Å². The van der Waals surface area contributed by atoms with Crippen molar-refractivity contribution in [1.82, 2.24) is 9.91 Å². The second-order valence-electron chi connectivity index (χ2n) is 7.89. The lowest BCUT2D eigenvalue weighted by Gasteiger charge is -2.20. The van der Waals surface area contributed by atoms with Crippen LogP contribution in [0.2, 0.25) is 5.02 Å². The van der Waals surface area contributed by atoms with Crippen LogP contribution in [-0.2, 0) is 11.4 Å². The van der Waals surface area contributed by atoms with Crippen LogP contribution in [0.5, 0.6) is 11.5 Å². The van der Waals surface area contributed by atoms with Crippen LogP contribution in [0.4, 0.5) is 0 Å². The molecule has 0 aliphatic carbocycles. The van der Waals surface area contributed by atoms with Crippen molar-refractivity contribution in [3.63, 3.8) is 0 Å². The molecule has 0 bridgehead atoms. The fourth-order valence-corrected chi connectivity index (χ4v) is 4.98. The molecule has 1 saturated heterocycles. The van der Waals surface area contributed by atoms with Gasteiger partial charge in [-0.25, -0.2) is 0 Å². The van der Waals surface area contributed by atoms with E-state index >= 15 is 0 Å². The van der Waals surface area contributed by atoms with Gasteiger partial charge in [-0.15, -0.1) is 5.10 Å². The summed E-state index contributed by atoms with van der Waals surface area (Å²) in [6.45, 7) is 2.16. The maximum absolute atomic E-state index is 12.7. The Morgan fingerprint density at radius 3 is 2.71 bits per heavy atom. The summed E-state index contributed by atoms with van der Waals surface area (Å²) in [6, 6.07) is 12.8. The van der Waals surface area contributed by atoms with E-state index in [1.54, 1.807) is 31.4 Å². The number of methoxy groups -OCH3 is 1. The average Bonchev–Trinajstić information content (AvgIpc) is 3.52. The van der Waals surface area contributed by atoms with Crippen LogP contribution in [0.25, 0.3) is 6.08 Å². The first-order valence-corrected chi connectivity index (χ1v) is 12.0. The van der Waals surface area contributed by atoms with Gasteiger partial charge in [0, 0.05) is 23.7 Å². The van der Waals surface area contributed by atoms with Crippen LogP contribution < -0.4 is 9.47 Å². The van der Waals surface area contributed by atoms with E-state index in [-0.39, 0.29) is 11.4 Å². The van der Waals surface area contributed by atoms with E-state index in [0.29, 0.717) is 33.9 Å². The molecule has 0 aromatic heterocycles. The Kier molecular flexibility index (Phi) is 6.30. The Labute approximate surface area is 206 Å². The molecule has 0 unspecified atom stereocenters. The van der Waals surface area contributed by atoms with Crippen molar-refractivity contribution in [3.05, 3.63) is 64.2 Å². The molecule has 3 aliphatic heterocycles. The summed E-state index contributed by atoms with van der Waals surface area (Å²) in [5, 5.41) is 16.4. The number of aliphatic imine (C=N–C) groups is 1. The number of hydrazone groups is 1. The summed E-state index contributed by atoms with van der Waals surface area (Å²) >= 11 is 7.55. The number of amides is 1. The number of amidine groups is 3. The molecule has 3 heterocycles. The zero-order chi connectivity index (χ0) is 23.7. The molecule has 0 saturated carbocycles. The summed E-state index contributed by atoms with van der Waals surface area (Å²) in [4.78, 5) is 19.1. The highest BCUT2D eigenvalue weighted by molar-refractivity contribution is 8.26. The second kappa shape index (κ2) is 9.52. The molecule has 1 amide bonds.